The van der Waals surface area contributed by atoms with Gasteiger partial charge in [0.05, 0.1) is 11.4 Å². The zero-order valence-corrected chi connectivity index (χ0v) is 15.4. The van der Waals surface area contributed by atoms with Crippen LogP contribution >= 0.6 is 0 Å². The largest absolute Gasteiger partial charge is 0.360 e. The zero-order valence-electron chi connectivity index (χ0n) is 15.4. The summed E-state index contributed by atoms with van der Waals surface area (Å²) in [6, 6.07) is 19.0. The highest BCUT2D eigenvalue weighted by Gasteiger charge is 2.18. The van der Waals surface area contributed by atoms with Crippen LogP contribution < -0.4 is 4.90 Å². The molecule has 4 aromatic rings. The first-order chi connectivity index (χ1) is 13.3. The number of rotatable bonds is 3. The van der Waals surface area contributed by atoms with Crippen molar-refractivity contribution >= 4 is 16.9 Å². The SMILES string of the molecule is Cc1ccc(-c2cc(-c3c[nH]c4ccccc34)nc(N3CCCC3)n2)cc1. The lowest BCUT2D eigenvalue weighted by Gasteiger charge is -2.17. The van der Waals surface area contributed by atoms with Gasteiger partial charge in [0, 0.05) is 41.3 Å². The Morgan fingerprint density at radius 1 is 0.889 bits per heavy atom. The van der Waals surface area contributed by atoms with Crippen LogP contribution in [0.1, 0.15) is 18.4 Å². The molecule has 1 aliphatic rings. The predicted molar refractivity (Wildman–Crippen MR) is 111 cm³/mol. The first-order valence-electron chi connectivity index (χ1n) is 9.55. The molecule has 0 radical (unpaired) electrons. The highest BCUT2D eigenvalue weighted by molar-refractivity contribution is 5.95. The molecule has 3 heterocycles. The molecule has 4 heteroatoms. The van der Waals surface area contributed by atoms with Crippen LogP contribution in [0.2, 0.25) is 0 Å². The summed E-state index contributed by atoms with van der Waals surface area (Å²) in [5, 5.41) is 1.19. The van der Waals surface area contributed by atoms with E-state index in [9.17, 15) is 0 Å². The Labute approximate surface area is 158 Å². The van der Waals surface area contributed by atoms with Crippen LogP contribution in [-0.2, 0) is 0 Å². The molecule has 1 N–H and O–H groups in total. The van der Waals surface area contributed by atoms with E-state index in [1.54, 1.807) is 0 Å². The maximum Gasteiger partial charge on any atom is 0.226 e. The highest BCUT2D eigenvalue weighted by Crippen LogP contribution is 2.32. The molecular weight excluding hydrogens is 332 g/mol. The predicted octanol–water partition coefficient (Wildman–Crippen LogP) is 5.20. The minimum atomic E-state index is 0.839. The van der Waals surface area contributed by atoms with Crippen LogP contribution in [0.3, 0.4) is 0 Å². The molecule has 1 aliphatic heterocycles. The molecule has 1 fully saturated rings. The first-order valence-corrected chi connectivity index (χ1v) is 9.55. The molecule has 27 heavy (non-hydrogen) atoms. The summed E-state index contributed by atoms with van der Waals surface area (Å²) in [4.78, 5) is 15.5. The summed E-state index contributed by atoms with van der Waals surface area (Å²) in [6.45, 7) is 4.17. The second kappa shape index (κ2) is 6.54. The Kier molecular flexibility index (Phi) is 3.89. The lowest BCUT2D eigenvalue weighted by Crippen LogP contribution is -2.20. The van der Waals surface area contributed by atoms with E-state index in [2.05, 4.69) is 77.6 Å². The standard InChI is InChI=1S/C23H22N4/c1-16-8-10-17(11-9-16)21-14-22(26-23(25-21)27-12-4-5-13-27)19-15-24-20-7-3-2-6-18(19)20/h2-3,6-11,14-15,24H,4-5,12-13H2,1H3. The third-order valence-corrected chi connectivity index (χ3v) is 5.32. The van der Waals surface area contributed by atoms with Crippen LogP contribution in [-0.4, -0.2) is 28.0 Å². The van der Waals surface area contributed by atoms with Gasteiger partial charge in [-0.1, -0.05) is 48.0 Å². The van der Waals surface area contributed by atoms with Crippen molar-refractivity contribution in [2.75, 3.05) is 18.0 Å². The van der Waals surface area contributed by atoms with Gasteiger partial charge in [-0.2, -0.15) is 0 Å². The van der Waals surface area contributed by atoms with Gasteiger partial charge in [0.1, 0.15) is 0 Å². The molecule has 2 aromatic heterocycles. The summed E-state index contributed by atoms with van der Waals surface area (Å²) < 4.78 is 0. The molecular formula is C23H22N4. The molecule has 0 saturated carbocycles. The van der Waals surface area contributed by atoms with Crippen molar-refractivity contribution in [2.45, 2.75) is 19.8 Å². The van der Waals surface area contributed by atoms with Gasteiger partial charge in [-0.3, -0.25) is 0 Å². The van der Waals surface area contributed by atoms with Gasteiger partial charge in [0.15, 0.2) is 0 Å². The maximum atomic E-state index is 4.95. The first kappa shape index (κ1) is 16.1. The number of aryl methyl sites for hydroxylation is 1. The van der Waals surface area contributed by atoms with Crippen molar-refractivity contribution in [3.05, 3.63) is 66.4 Å². The number of anilines is 1. The fourth-order valence-corrected chi connectivity index (χ4v) is 3.79. The molecule has 0 atom stereocenters. The van der Waals surface area contributed by atoms with Crippen molar-refractivity contribution < 1.29 is 0 Å². The van der Waals surface area contributed by atoms with E-state index in [0.717, 1.165) is 47.1 Å². The fourth-order valence-electron chi connectivity index (χ4n) is 3.79. The molecule has 0 bridgehead atoms. The number of nitrogens with one attached hydrogen (secondary N) is 1. The summed E-state index contributed by atoms with van der Waals surface area (Å²) in [7, 11) is 0. The average Bonchev–Trinajstić information content (AvgIpc) is 3.38. The summed E-state index contributed by atoms with van der Waals surface area (Å²) in [6.07, 6.45) is 4.47. The quantitative estimate of drug-likeness (QED) is 0.550. The number of H-pyrrole nitrogens is 1. The van der Waals surface area contributed by atoms with Gasteiger partial charge in [0.2, 0.25) is 5.95 Å². The maximum absolute atomic E-state index is 4.95. The van der Waals surface area contributed by atoms with Crippen molar-refractivity contribution in [2.24, 2.45) is 0 Å². The van der Waals surface area contributed by atoms with E-state index in [1.807, 2.05) is 0 Å². The number of aromatic amines is 1. The average molecular weight is 354 g/mol. The molecule has 0 aliphatic carbocycles. The topological polar surface area (TPSA) is 44.8 Å². The third-order valence-electron chi connectivity index (χ3n) is 5.32. The molecule has 4 nitrogen and oxygen atoms in total. The minimum absolute atomic E-state index is 0.839. The Morgan fingerprint density at radius 2 is 1.63 bits per heavy atom. The molecule has 0 amide bonds. The molecule has 0 unspecified atom stereocenters. The Morgan fingerprint density at radius 3 is 2.44 bits per heavy atom. The second-order valence-corrected chi connectivity index (χ2v) is 7.25. The fraction of sp³-hybridized carbons (Fsp3) is 0.217. The van der Waals surface area contributed by atoms with Crippen molar-refractivity contribution in [3.8, 4) is 22.5 Å². The Hall–Kier alpha value is -3.14. The van der Waals surface area contributed by atoms with E-state index >= 15 is 0 Å². The molecule has 134 valence electrons. The summed E-state index contributed by atoms with van der Waals surface area (Å²) >= 11 is 0. The number of benzene rings is 2. The molecule has 0 spiro atoms. The van der Waals surface area contributed by atoms with E-state index < -0.39 is 0 Å². The van der Waals surface area contributed by atoms with Gasteiger partial charge in [-0.25, -0.2) is 9.97 Å². The van der Waals surface area contributed by atoms with Gasteiger partial charge >= 0.3 is 0 Å². The second-order valence-electron chi connectivity index (χ2n) is 7.25. The summed E-state index contributed by atoms with van der Waals surface area (Å²) in [5.41, 5.74) is 6.59. The van der Waals surface area contributed by atoms with Crippen LogP contribution in [0.5, 0.6) is 0 Å². The lowest BCUT2D eigenvalue weighted by molar-refractivity contribution is 0.902. The van der Waals surface area contributed by atoms with Gasteiger partial charge in [-0.05, 0) is 31.9 Å². The number of nitrogens with zero attached hydrogens (tertiary/aromatic N) is 3. The summed E-state index contributed by atoms with van der Waals surface area (Å²) in [5.74, 6) is 0.839. The number of para-hydroxylation sites is 1. The van der Waals surface area contributed by atoms with E-state index in [1.165, 1.54) is 23.8 Å². The Bertz CT molecular complexity index is 1090. The van der Waals surface area contributed by atoms with Gasteiger partial charge in [0.25, 0.3) is 0 Å². The number of hydrogen-bond donors (Lipinski definition) is 1. The highest BCUT2D eigenvalue weighted by atomic mass is 15.3. The van der Waals surface area contributed by atoms with Crippen LogP contribution in [0.4, 0.5) is 5.95 Å². The smallest absolute Gasteiger partial charge is 0.226 e. The normalized spacial score (nSPS) is 14.2. The Balaban J connectivity index is 1.69. The molecule has 2 aromatic carbocycles. The van der Waals surface area contributed by atoms with Crippen molar-refractivity contribution in [1.82, 2.24) is 15.0 Å². The van der Waals surface area contributed by atoms with E-state index in [4.69, 9.17) is 9.97 Å². The van der Waals surface area contributed by atoms with Crippen LogP contribution in [0.25, 0.3) is 33.4 Å². The van der Waals surface area contributed by atoms with E-state index in [0.29, 0.717) is 0 Å². The number of aromatic nitrogens is 3. The van der Waals surface area contributed by atoms with E-state index in [-0.39, 0.29) is 0 Å². The third kappa shape index (κ3) is 2.97. The molecule has 1 saturated heterocycles. The van der Waals surface area contributed by atoms with Crippen LogP contribution in [0.15, 0.2) is 60.8 Å². The van der Waals surface area contributed by atoms with Gasteiger partial charge < -0.3 is 9.88 Å². The number of fused-ring (bicyclic) bond motifs is 1. The van der Waals surface area contributed by atoms with Crippen LogP contribution in [0, 0.1) is 6.92 Å². The van der Waals surface area contributed by atoms with Crippen molar-refractivity contribution in [1.29, 1.82) is 0 Å². The minimum Gasteiger partial charge on any atom is -0.360 e. The zero-order chi connectivity index (χ0) is 18.2. The molecule has 5 rings (SSSR count). The monoisotopic (exact) mass is 354 g/mol. The lowest BCUT2D eigenvalue weighted by atomic mass is 10.1. The van der Waals surface area contributed by atoms with Gasteiger partial charge in [-0.15, -0.1) is 0 Å². The van der Waals surface area contributed by atoms with Crippen molar-refractivity contribution in [3.63, 3.8) is 0 Å². The number of hydrogen-bond acceptors (Lipinski definition) is 3.